The number of ether oxygens (including phenoxy) is 1. The molecule has 8 heteroatoms. The molecule has 146 valence electrons. The van der Waals surface area contributed by atoms with E-state index in [1.807, 2.05) is 42.8 Å². The van der Waals surface area contributed by atoms with E-state index < -0.39 is 10.0 Å². The van der Waals surface area contributed by atoms with Crippen LogP contribution in [0.4, 0.5) is 0 Å². The maximum absolute atomic E-state index is 12.9. The number of sulfonamides is 1. The quantitative estimate of drug-likeness (QED) is 0.779. The highest BCUT2D eigenvalue weighted by atomic mass is 32.2. The fraction of sp³-hybridized carbons (Fsp3) is 0.526. The predicted molar refractivity (Wildman–Crippen MR) is 105 cm³/mol. The highest BCUT2D eigenvalue weighted by Gasteiger charge is 2.42. The first-order chi connectivity index (χ1) is 13.0. The zero-order chi connectivity index (χ0) is 18.9. The van der Waals surface area contributed by atoms with Crippen LogP contribution in [0.25, 0.3) is 0 Å². The van der Waals surface area contributed by atoms with Crippen LogP contribution in [0.15, 0.2) is 40.1 Å². The second-order valence-corrected chi connectivity index (χ2v) is 10.4. The van der Waals surface area contributed by atoms with Crippen molar-refractivity contribution in [3.05, 3.63) is 47.1 Å². The second kappa shape index (κ2) is 7.60. The van der Waals surface area contributed by atoms with Gasteiger partial charge in [0.25, 0.3) is 10.0 Å². The van der Waals surface area contributed by atoms with Crippen molar-refractivity contribution in [2.45, 2.75) is 36.1 Å². The van der Waals surface area contributed by atoms with Gasteiger partial charge in [0.15, 0.2) is 0 Å². The smallest absolute Gasteiger partial charge is 0.252 e. The molecular weight excluding hydrogens is 382 g/mol. The Balaban J connectivity index is 1.41. The summed E-state index contributed by atoms with van der Waals surface area (Å²) in [5.41, 5.74) is 1.64. The number of piperidine rings is 1. The molecule has 2 aromatic rings. The third kappa shape index (κ3) is 3.95. The van der Waals surface area contributed by atoms with E-state index in [9.17, 15) is 8.42 Å². The van der Waals surface area contributed by atoms with Crippen LogP contribution in [0, 0.1) is 6.92 Å². The van der Waals surface area contributed by atoms with Gasteiger partial charge in [-0.1, -0.05) is 6.07 Å². The van der Waals surface area contributed by atoms with E-state index in [-0.39, 0.29) is 5.60 Å². The Bertz CT molecular complexity index is 875. The van der Waals surface area contributed by atoms with Crippen LogP contribution < -0.4 is 0 Å². The van der Waals surface area contributed by atoms with Gasteiger partial charge in [0.2, 0.25) is 0 Å². The summed E-state index contributed by atoms with van der Waals surface area (Å²) in [4.78, 5) is 6.79. The Morgan fingerprint density at radius 1 is 1.22 bits per heavy atom. The lowest BCUT2D eigenvalue weighted by Crippen LogP contribution is -2.57. The lowest BCUT2D eigenvalue weighted by molar-refractivity contribution is -0.131. The van der Waals surface area contributed by atoms with Gasteiger partial charge in [-0.25, -0.2) is 8.42 Å². The summed E-state index contributed by atoms with van der Waals surface area (Å²) in [5.74, 6) is 0. The highest BCUT2D eigenvalue weighted by Crippen LogP contribution is 2.34. The summed E-state index contributed by atoms with van der Waals surface area (Å²) < 4.78 is 34.1. The van der Waals surface area contributed by atoms with E-state index in [2.05, 4.69) is 9.88 Å². The first-order valence-electron chi connectivity index (χ1n) is 9.29. The second-order valence-electron chi connectivity index (χ2n) is 7.36. The number of hydrogen-bond acceptors (Lipinski definition) is 6. The van der Waals surface area contributed by atoms with Crippen LogP contribution in [0.3, 0.4) is 0 Å². The van der Waals surface area contributed by atoms with Gasteiger partial charge in [0.05, 0.1) is 17.9 Å². The van der Waals surface area contributed by atoms with Crippen molar-refractivity contribution in [3.63, 3.8) is 0 Å². The number of morpholine rings is 1. The number of pyridine rings is 1. The van der Waals surface area contributed by atoms with Crippen LogP contribution in [0.2, 0.25) is 0 Å². The van der Waals surface area contributed by atoms with Gasteiger partial charge in [-0.3, -0.25) is 9.88 Å². The molecule has 4 rings (SSSR count). The number of rotatable bonds is 4. The zero-order valence-corrected chi connectivity index (χ0v) is 17.1. The molecule has 2 fully saturated rings. The van der Waals surface area contributed by atoms with E-state index in [4.69, 9.17) is 4.74 Å². The Morgan fingerprint density at radius 2 is 2.04 bits per heavy atom. The molecule has 2 saturated heterocycles. The third-order valence-corrected chi connectivity index (χ3v) is 9.03. The van der Waals surface area contributed by atoms with Crippen molar-refractivity contribution >= 4 is 21.4 Å². The molecule has 2 aliphatic rings. The van der Waals surface area contributed by atoms with Gasteiger partial charge < -0.3 is 4.74 Å². The summed E-state index contributed by atoms with van der Waals surface area (Å²) >= 11 is 1.30. The number of hydrogen-bond donors (Lipinski definition) is 0. The molecule has 0 amide bonds. The molecular formula is C19H25N3O3S2. The van der Waals surface area contributed by atoms with Crippen molar-refractivity contribution in [2.24, 2.45) is 0 Å². The number of nitrogens with zero attached hydrogens (tertiary/aromatic N) is 3. The fourth-order valence-electron chi connectivity index (χ4n) is 3.96. The van der Waals surface area contributed by atoms with Crippen LogP contribution in [-0.4, -0.2) is 61.0 Å². The van der Waals surface area contributed by atoms with Gasteiger partial charge in [-0.2, -0.15) is 4.31 Å². The first-order valence-corrected chi connectivity index (χ1v) is 11.6. The average molecular weight is 408 g/mol. The molecule has 1 spiro atoms. The SMILES string of the molecule is Cc1ccsc1S(=O)(=O)N1CCC2(CC1)CN(Cc1ccccn1)CCO2. The fourth-order valence-corrected chi connectivity index (χ4v) is 6.95. The predicted octanol–water partition coefficient (Wildman–Crippen LogP) is 2.51. The van der Waals surface area contributed by atoms with Crippen molar-refractivity contribution in [3.8, 4) is 0 Å². The summed E-state index contributed by atoms with van der Waals surface area (Å²) in [6, 6.07) is 7.84. The first kappa shape index (κ1) is 19.0. The van der Waals surface area contributed by atoms with E-state index in [1.165, 1.54) is 11.3 Å². The molecule has 0 N–H and O–H groups in total. The average Bonchev–Trinajstić information content (AvgIpc) is 3.10. The molecule has 2 aliphatic heterocycles. The van der Waals surface area contributed by atoms with Crippen molar-refractivity contribution < 1.29 is 13.2 Å². The van der Waals surface area contributed by atoms with E-state index in [0.29, 0.717) is 23.9 Å². The summed E-state index contributed by atoms with van der Waals surface area (Å²) in [6.45, 7) is 6.08. The number of aromatic nitrogens is 1. The molecule has 0 aromatic carbocycles. The molecule has 0 saturated carbocycles. The molecule has 6 nitrogen and oxygen atoms in total. The molecule has 0 radical (unpaired) electrons. The van der Waals surface area contributed by atoms with Gasteiger partial charge in [0, 0.05) is 38.9 Å². The Morgan fingerprint density at radius 3 is 2.70 bits per heavy atom. The lowest BCUT2D eigenvalue weighted by Gasteiger charge is -2.46. The zero-order valence-electron chi connectivity index (χ0n) is 15.5. The van der Waals surface area contributed by atoms with Gasteiger partial charge in [-0.05, 0) is 48.9 Å². The molecule has 27 heavy (non-hydrogen) atoms. The van der Waals surface area contributed by atoms with Crippen LogP contribution >= 0.6 is 11.3 Å². The normalized spacial score (nSPS) is 21.5. The monoisotopic (exact) mass is 407 g/mol. The van der Waals surface area contributed by atoms with Crippen molar-refractivity contribution in [1.29, 1.82) is 0 Å². The maximum Gasteiger partial charge on any atom is 0.252 e. The maximum atomic E-state index is 12.9. The standard InChI is InChI=1S/C19H25N3O3S2/c1-16-5-13-26-18(16)27(23,24)22-9-6-19(7-10-22)15-21(11-12-25-19)14-17-4-2-3-8-20-17/h2-5,8,13H,6-7,9-12,14-15H2,1H3. The molecule has 2 aromatic heterocycles. The van der Waals surface area contributed by atoms with E-state index in [0.717, 1.165) is 43.7 Å². The Kier molecular flexibility index (Phi) is 5.35. The third-order valence-electron chi connectivity index (χ3n) is 5.46. The van der Waals surface area contributed by atoms with E-state index in [1.54, 1.807) is 4.31 Å². The molecule has 0 bridgehead atoms. The molecule has 4 heterocycles. The minimum absolute atomic E-state index is 0.246. The van der Waals surface area contributed by atoms with E-state index >= 15 is 0 Å². The highest BCUT2D eigenvalue weighted by molar-refractivity contribution is 7.91. The molecule has 0 unspecified atom stereocenters. The van der Waals surface area contributed by atoms with Gasteiger partial charge >= 0.3 is 0 Å². The minimum atomic E-state index is -3.39. The summed E-state index contributed by atoms with van der Waals surface area (Å²) in [6.07, 6.45) is 3.28. The lowest BCUT2D eigenvalue weighted by atomic mass is 9.90. The molecule has 0 atom stereocenters. The molecule has 0 aliphatic carbocycles. The largest absolute Gasteiger partial charge is 0.372 e. The number of aryl methyl sites for hydroxylation is 1. The minimum Gasteiger partial charge on any atom is -0.372 e. The Labute approximate surface area is 164 Å². The summed E-state index contributed by atoms with van der Waals surface area (Å²) in [7, 11) is -3.39. The van der Waals surface area contributed by atoms with Crippen LogP contribution in [0.5, 0.6) is 0 Å². The van der Waals surface area contributed by atoms with Gasteiger partial charge in [-0.15, -0.1) is 11.3 Å². The summed E-state index contributed by atoms with van der Waals surface area (Å²) in [5, 5.41) is 1.84. The van der Waals surface area contributed by atoms with Crippen LogP contribution in [-0.2, 0) is 21.3 Å². The van der Waals surface area contributed by atoms with Crippen LogP contribution in [0.1, 0.15) is 24.1 Å². The van der Waals surface area contributed by atoms with Crippen molar-refractivity contribution in [1.82, 2.24) is 14.2 Å². The van der Waals surface area contributed by atoms with Gasteiger partial charge in [0.1, 0.15) is 4.21 Å². The number of thiophene rings is 1. The van der Waals surface area contributed by atoms with Crippen molar-refractivity contribution in [2.75, 3.05) is 32.8 Å². The Hall–Kier alpha value is -1.32. The topological polar surface area (TPSA) is 62.7 Å².